The van der Waals surface area contributed by atoms with Gasteiger partial charge in [0, 0.05) is 31.5 Å². The minimum atomic E-state index is -0.0238. The van der Waals surface area contributed by atoms with Gasteiger partial charge >= 0.3 is 0 Å². The summed E-state index contributed by atoms with van der Waals surface area (Å²) in [5.41, 5.74) is 0.427. The quantitative estimate of drug-likeness (QED) is 0.796. The summed E-state index contributed by atoms with van der Waals surface area (Å²) < 4.78 is 0. The van der Waals surface area contributed by atoms with Crippen molar-refractivity contribution in [1.29, 1.82) is 0 Å². The molecule has 0 radical (unpaired) electrons. The first-order valence-corrected chi connectivity index (χ1v) is 5.60. The number of rotatable bonds is 3. The molecule has 0 spiro atoms. The van der Waals surface area contributed by atoms with E-state index < -0.39 is 0 Å². The molecule has 1 atom stereocenters. The molecule has 2 heterocycles. The van der Waals surface area contributed by atoms with E-state index in [0.717, 1.165) is 19.5 Å². The lowest BCUT2D eigenvalue weighted by atomic mass is 10.2. The highest BCUT2D eigenvalue weighted by molar-refractivity contribution is 5.92. The summed E-state index contributed by atoms with van der Waals surface area (Å²) in [4.78, 5) is 22.0. The molecule has 1 unspecified atom stereocenters. The van der Waals surface area contributed by atoms with Crippen LogP contribution < -0.4 is 5.32 Å². The van der Waals surface area contributed by atoms with Crippen molar-refractivity contribution in [2.24, 2.45) is 0 Å². The van der Waals surface area contributed by atoms with E-state index in [9.17, 15) is 4.79 Å². The Bertz CT molecular complexity index is 348. The van der Waals surface area contributed by atoms with E-state index in [-0.39, 0.29) is 5.91 Å². The van der Waals surface area contributed by atoms with Crippen LogP contribution in [0, 0.1) is 0 Å². The van der Waals surface area contributed by atoms with Crippen LogP contribution in [0.5, 0.6) is 0 Å². The van der Waals surface area contributed by atoms with Crippen LogP contribution in [0.25, 0.3) is 0 Å². The number of aromatic nitrogens is 2. The Morgan fingerprint density at radius 3 is 3.06 bits per heavy atom. The Hall–Kier alpha value is -1.49. The lowest BCUT2D eigenvalue weighted by Gasteiger charge is -2.26. The Balaban J connectivity index is 2.12. The van der Waals surface area contributed by atoms with Crippen LogP contribution in [0.1, 0.15) is 23.8 Å². The fourth-order valence-corrected chi connectivity index (χ4v) is 2.03. The number of nitrogens with one attached hydrogen (secondary N) is 1. The minimum Gasteiger partial charge on any atom is -0.333 e. The SMILES string of the molecule is CCN(C(=O)c1cnccn1)C1CCNC1. The normalized spacial score (nSPS) is 19.7. The van der Waals surface area contributed by atoms with E-state index in [2.05, 4.69) is 15.3 Å². The zero-order chi connectivity index (χ0) is 11.4. The molecule has 86 valence electrons. The van der Waals surface area contributed by atoms with Gasteiger partial charge in [-0.3, -0.25) is 9.78 Å². The third-order valence-electron chi connectivity index (χ3n) is 2.86. The summed E-state index contributed by atoms with van der Waals surface area (Å²) >= 11 is 0. The molecule has 1 aromatic heterocycles. The molecule has 1 saturated heterocycles. The smallest absolute Gasteiger partial charge is 0.274 e. The predicted octanol–water partition coefficient (Wildman–Crippen LogP) is 0.301. The Morgan fingerprint density at radius 1 is 1.62 bits per heavy atom. The van der Waals surface area contributed by atoms with Crippen LogP contribution in [-0.2, 0) is 0 Å². The van der Waals surface area contributed by atoms with Gasteiger partial charge in [-0.25, -0.2) is 4.98 Å². The van der Waals surface area contributed by atoms with Crippen molar-refractivity contribution in [1.82, 2.24) is 20.2 Å². The highest BCUT2D eigenvalue weighted by Gasteiger charge is 2.26. The fourth-order valence-electron chi connectivity index (χ4n) is 2.03. The average molecular weight is 220 g/mol. The van der Waals surface area contributed by atoms with E-state index >= 15 is 0 Å². The molecular weight excluding hydrogens is 204 g/mol. The van der Waals surface area contributed by atoms with Crippen molar-refractivity contribution in [2.75, 3.05) is 19.6 Å². The van der Waals surface area contributed by atoms with E-state index in [1.54, 1.807) is 12.4 Å². The Kier molecular flexibility index (Phi) is 3.46. The van der Waals surface area contributed by atoms with Gasteiger partial charge in [0.1, 0.15) is 5.69 Å². The van der Waals surface area contributed by atoms with Gasteiger partial charge in [0.05, 0.1) is 6.20 Å². The molecule has 1 aromatic rings. The van der Waals surface area contributed by atoms with Crippen LogP contribution in [0.15, 0.2) is 18.6 Å². The van der Waals surface area contributed by atoms with Crippen molar-refractivity contribution >= 4 is 5.91 Å². The van der Waals surface area contributed by atoms with Gasteiger partial charge in [-0.2, -0.15) is 0 Å². The molecule has 1 aliphatic heterocycles. The molecule has 2 rings (SSSR count). The van der Waals surface area contributed by atoms with Crippen molar-refractivity contribution in [3.05, 3.63) is 24.3 Å². The van der Waals surface area contributed by atoms with Gasteiger partial charge in [0.2, 0.25) is 0 Å². The zero-order valence-electron chi connectivity index (χ0n) is 9.39. The van der Waals surface area contributed by atoms with Crippen molar-refractivity contribution in [3.63, 3.8) is 0 Å². The first-order chi connectivity index (χ1) is 7.83. The van der Waals surface area contributed by atoms with Crippen LogP contribution in [-0.4, -0.2) is 46.5 Å². The Morgan fingerprint density at radius 2 is 2.50 bits per heavy atom. The van der Waals surface area contributed by atoms with E-state index in [0.29, 0.717) is 18.3 Å². The second-order valence-electron chi connectivity index (χ2n) is 3.83. The minimum absolute atomic E-state index is 0.0238. The van der Waals surface area contributed by atoms with E-state index in [4.69, 9.17) is 0 Å². The number of carbonyl (C=O) groups excluding carboxylic acids is 1. The lowest BCUT2D eigenvalue weighted by Crippen LogP contribution is -2.41. The molecule has 1 aliphatic rings. The number of carbonyl (C=O) groups is 1. The van der Waals surface area contributed by atoms with Gasteiger partial charge in [-0.15, -0.1) is 0 Å². The van der Waals surface area contributed by atoms with Crippen molar-refractivity contribution < 1.29 is 4.79 Å². The largest absolute Gasteiger partial charge is 0.333 e. The third kappa shape index (κ3) is 2.19. The summed E-state index contributed by atoms with van der Waals surface area (Å²) in [6.45, 7) is 4.56. The molecular formula is C11H16N4O. The topological polar surface area (TPSA) is 58.1 Å². The second kappa shape index (κ2) is 5.03. The number of nitrogens with zero attached hydrogens (tertiary/aromatic N) is 3. The summed E-state index contributed by atoms with van der Waals surface area (Å²) in [6.07, 6.45) is 5.66. The maximum absolute atomic E-state index is 12.2. The average Bonchev–Trinajstić information content (AvgIpc) is 2.85. The molecule has 0 bridgehead atoms. The lowest BCUT2D eigenvalue weighted by molar-refractivity contribution is 0.0697. The van der Waals surface area contributed by atoms with Crippen molar-refractivity contribution in [2.45, 2.75) is 19.4 Å². The van der Waals surface area contributed by atoms with Crippen LogP contribution in [0.4, 0.5) is 0 Å². The summed E-state index contributed by atoms with van der Waals surface area (Å²) in [5, 5.41) is 3.26. The Labute approximate surface area is 94.9 Å². The van der Waals surface area contributed by atoms with Gasteiger partial charge in [0.15, 0.2) is 0 Å². The third-order valence-corrected chi connectivity index (χ3v) is 2.86. The summed E-state index contributed by atoms with van der Waals surface area (Å²) in [7, 11) is 0. The summed E-state index contributed by atoms with van der Waals surface area (Å²) in [6, 6.07) is 0.291. The molecule has 1 amide bonds. The van der Waals surface area contributed by atoms with E-state index in [1.807, 2.05) is 11.8 Å². The standard InChI is InChI=1S/C11H16N4O/c1-2-15(9-3-4-12-7-9)11(16)10-8-13-5-6-14-10/h5-6,8-9,12H,2-4,7H2,1H3. The molecule has 0 aromatic carbocycles. The molecule has 1 fully saturated rings. The molecule has 5 nitrogen and oxygen atoms in total. The maximum Gasteiger partial charge on any atom is 0.274 e. The monoisotopic (exact) mass is 220 g/mol. The number of likely N-dealkylation sites (N-methyl/N-ethyl adjacent to an activating group) is 1. The fraction of sp³-hybridized carbons (Fsp3) is 0.545. The van der Waals surface area contributed by atoms with Crippen LogP contribution in [0.2, 0.25) is 0 Å². The maximum atomic E-state index is 12.2. The second-order valence-corrected chi connectivity index (χ2v) is 3.83. The molecule has 16 heavy (non-hydrogen) atoms. The highest BCUT2D eigenvalue weighted by Crippen LogP contribution is 2.11. The number of hydrogen-bond acceptors (Lipinski definition) is 4. The van der Waals surface area contributed by atoms with E-state index in [1.165, 1.54) is 6.20 Å². The zero-order valence-corrected chi connectivity index (χ0v) is 9.39. The highest BCUT2D eigenvalue weighted by atomic mass is 16.2. The first-order valence-electron chi connectivity index (χ1n) is 5.60. The molecule has 0 saturated carbocycles. The van der Waals surface area contributed by atoms with Gasteiger partial charge in [-0.05, 0) is 19.9 Å². The number of amides is 1. The van der Waals surface area contributed by atoms with Crippen LogP contribution in [0.3, 0.4) is 0 Å². The summed E-state index contributed by atoms with van der Waals surface area (Å²) in [5.74, 6) is -0.0238. The molecule has 0 aliphatic carbocycles. The predicted molar refractivity (Wildman–Crippen MR) is 60.0 cm³/mol. The van der Waals surface area contributed by atoms with Crippen LogP contribution >= 0.6 is 0 Å². The number of hydrogen-bond donors (Lipinski definition) is 1. The van der Waals surface area contributed by atoms with Crippen molar-refractivity contribution in [3.8, 4) is 0 Å². The van der Waals surface area contributed by atoms with Gasteiger partial charge in [-0.1, -0.05) is 0 Å². The van der Waals surface area contributed by atoms with Gasteiger partial charge < -0.3 is 10.2 Å². The first kappa shape index (κ1) is 11.0. The van der Waals surface area contributed by atoms with Gasteiger partial charge in [0.25, 0.3) is 5.91 Å². The molecule has 1 N–H and O–H groups in total. The molecule has 5 heteroatoms.